The number of benzene rings is 2. The fraction of sp³-hybridized carbons (Fsp3) is 0.118. The van der Waals surface area contributed by atoms with Crippen LogP contribution in [0.3, 0.4) is 0 Å². The molecule has 0 saturated carbocycles. The van der Waals surface area contributed by atoms with Crippen molar-refractivity contribution in [1.82, 2.24) is 0 Å². The van der Waals surface area contributed by atoms with Crippen molar-refractivity contribution in [1.29, 1.82) is 0 Å². The monoisotopic (exact) mass is 412 g/mol. The fourth-order valence-electron chi connectivity index (χ4n) is 2.24. The third-order valence-electron chi connectivity index (χ3n) is 3.46. The number of fused-ring (bicyclic) bond motifs is 1. The van der Waals surface area contributed by atoms with Crippen LogP contribution in [0.15, 0.2) is 45.3 Å². The Morgan fingerprint density at radius 2 is 2.00 bits per heavy atom. The molecular weight excluding hydrogens is 403 g/mol. The Morgan fingerprint density at radius 3 is 2.74 bits per heavy atom. The minimum absolute atomic E-state index is 0.0506. The van der Waals surface area contributed by atoms with Gasteiger partial charge in [0, 0.05) is 31.0 Å². The number of rotatable bonds is 3. The minimum atomic E-state index is -0.527. The van der Waals surface area contributed by atoms with Gasteiger partial charge in [0.15, 0.2) is 0 Å². The van der Waals surface area contributed by atoms with E-state index in [2.05, 4.69) is 15.9 Å². The maximum atomic E-state index is 12.3. The number of halogens is 3. The molecule has 3 aromatic rings. The first-order valence-electron chi connectivity index (χ1n) is 6.75. The van der Waals surface area contributed by atoms with Gasteiger partial charge in [-0.25, -0.2) is 4.79 Å². The van der Waals surface area contributed by atoms with Crippen molar-refractivity contribution >= 4 is 56.1 Å². The van der Waals surface area contributed by atoms with Gasteiger partial charge >= 0.3 is 5.97 Å². The summed E-state index contributed by atoms with van der Waals surface area (Å²) < 4.78 is 11.8. The average molecular weight is 414 g/mol. The fourth-order valence-corrected chi connectivity index (χ4v) is 3.06. The quantitative estimate of drug-likeness (QED) is 0.482. The van der Waals surface area contributed by atoms with Gasteiger partial charge in [0.1, 0.15) is 12.2 Å². The van der Waals surface area contributed by atoms with Crippen molar-refractivity contribution in [3.63, 3.8) is 0 Å². The molecule has 118 valence electrons. The molecule has 0 spiro atoms. The summed E-state index contributed by atoms with van der Waals surface area (Å²) in [7, 11) is 0. The molecule has 0 aliphatic rings. The number of furan rings is 1. The van der Waals surface area contributed by atoms with Crippen molar-refractivity contribution in [2.45, 2.75) is 13.5 Å². The molecule has 3 nitrogen and oxygen atoms in total. The molecule has 0 bridgehead atoms. The lowest BCUT2D eigenvalue weighted by molar-refractivity contribution is 0.0437. The normalized spacial score (nSPS) is 11.0. The number of hydrogen-bond acceptors (Lipinski definition) is 3. The van der Waals surface area contributed by atoms with E-state index < -0.39 is 5.97 Å². The molecule has 23 heavy (non-hydrogen) atoms. The van der Waals surface area contributed by atoms with Crippen LogP contribution in [0.2, 0.25) is 10.0 Å². The third kappa shape index (κ3) is 3.39. The molecule has 3 rings (SSSR count). The van der Waals surface area contributed by atoms with Crippen molar-refractivity contribution in [3.05, 3.63) is 67.8 Å². The average Bonchev–Trinajstić information content (AvgIpc) is 2.83. The van der Waals surface area contributed by atoms with E-state index in [1.165, 1.54) is 0 Å². The van der Waals surface area contributed by atoms with E-state index in [9.17, 15) is 4.79 Å². The molecule has 6 heteroatoms. The number of carbonyl (C=O) groups is 1. The highest BCUT2D eigenvalue weighted by atomic mass is 79.9. The highest BCUT2D eigenvalue weighted by Gasteiger charge is 2.19. The van der Waals surface area contributed by atoms with Crippen LogP contribution >= 0.6 is 39.1 Å². The maximum Gasteiger partial charge on any atom is 0.374 e. The van der Waals surface area contributed by atoms with Crippen molar-refractivity contribution < 1.29 is 13.9 Å². The molecule has 0 unspecified atom stereocenters. The third-order valence-corrected chi connectivity index (χ3v) is 4.54. The van der Waals surface area contributed by atoms with Gasteiger partial charge in [-0.3, -0.25) is 0 Å². The van der Waals surface area contributed by atoms with E-state index >= 15 is 0 Å². The second-order valence-corrected chi connectivity index (χ2v) is 6.77. The van der Waals surface area contributed by atoms with Crippen molar-refractivity contribution in [2.24, 2.45) is 0 Å². The predicted molar refractivity (Wildman–Crippen MR) is 94.2 cm³/mol. The number of ether oxygens (including phenoxy) is 1. The van der Waals surface area contributed by atoms with E-state index in [0.717, 1.165) is 15.4 Å². The zero-order valence-electron chi connectivity index (χ0n) is 12.0. The zero-order chi connectivity index (χ0) is 16.6. The molecule has 0 amide bonds. The van der Waals surface area contributed by atoms with Gasteiger partial charge in [0.25, 0.3) is 0 Å². The van der Waals surface area contributed by atoms with Crippen molar-refractivity contribution in [2.75, 3.05) is 0 Å². The summed E-state index contributed by atoms with van der Waals surface area (Å²) in [6, 6.07) is 10.6. The maximum absolute atomic E-state index is 12.3. The standard InChI is InChI=1S/C17H11BrCl2O3/c1-9-13-6-11(18)3-5-15(13)23-16(9)17(21)22-8-10-2-4-12(19)7-14(10)20/h2-7H,8H2,1H3. The van der Waals surface area contributed by atoms with Crippen LogP contribution in [0.1, 0.15) is 21.7 Å². The van der Waals surface area contributed by atoms with Crippen LogP contribution in [0.4, 0.5) is 0 Å². The summed E-state index contributed by atoms with van der Waals surface area (Å²) in [5, 5.41) is 1.86. The number of carbonyl (C=O) groups excluding carboxylic acids is 1. The Morgan fingerprint density at radius 1 is 1.22 bits per heavy atom. The number of aryl methyl sites for hydroxylation is 1. The molecule has 0 fully saturated rings. The summed E-state index contributed by atoms with van der Waals surface area (Å²) in [5.41, 5.74) is 2.07. The van der Waals surface area contributed by atoms with Crippen LogP contribution < -0.4 is 0 Å². The Hall–Kier alpha value is -1.49. The van der Waals surface area contributed by atoms with Gasteiger partial charge in [-0.05, 0) is 37.3 Å². The van der Waals surface area contributed by atoms with E-state index in [0.29, 0.717) is 21.2 Å². The van der Waals surface area contributed by atoms with Crippen LogP contribution in [0.5, 0.6) is 0 Å². The summed E-state index contributed by atoms with van der Waals surface area (Å²) in [5.74, 6) is -0.330. The second-order valence-electron chi connectivity index (χ2n) is 5.01. The molecule has 0 aliphatic heterocycles. The molecule has 0 aliphatic carbocycles. The summed E-state index contributed by atoms with van der Waals surface area (Å²) in [6.07, 6.45) is 0. The Bertz CT molecular complexity index is 902. The first kappa shape index (κ1) is 16.4. The smallest absolute Gasteiger partial charge is 0.374 e. The largest absolute Gasteiger partial charge is 0.455 e. The lowest BCUT2D eigenvalue weighted by Gasteiger charge is -2.06. The molecule has 0 atom stereocenters. The minimum Gasteiger partial charge on any atom is -0.455 e. The van der Waals surface area contributed by atoms with Gasteiger partial charge in [0.05, 0.1) is 0 Å². The van der Waals surface area contributed by atoms with Crippen LogP contribution in [0, 0.1) is 6.92 Å². The van der Waals surface area contributed by atoms with Gasteiger partial charge in [0.2, 0.25) is 5.76 Å². The lowest BCUT2D eigenvalue weighted by Crippen LogP contribution is -2.05. The number of esters is 1. The molecule has 1 aromatic heterocycles. The van der Waals surface area contributed by atoms with Gasteiger partial charge in [-0.15, -0.1) is 0 Å². The second kappa shape index (κ2) is 6.56. The zero-order valence-corrected chi connectivity index (χ0v) is 15.1. The molecule has 0 N–H and O–H groups in total. The first-order chi connectivity index (χ1) is 11.0. The van der Waals surface area contributed by atoms with Crippen molar-refractivity contribution in [3.8, 4) is 0 Å². The predicted octanol–water partition coefficient (Wildman–Crippen LogP) is 6.17. The van der Waals surface area contributed by atoms with Crippen LogP contribution in [-0.4, -0.2) is 5.97 Å². The van der Waals surface area contributed by atoms with Crippen LogP contribution in [-0.2, 0) is 11.3 Å². The van der Waals surface area contributed by atoms with E-state index in [1.807, 2.05) is 19.1 Å². The van der Waals surface area contributed by atoms with Gasteiger partial charge in [-0.1, -0.05) is 45.2 Å². The van der Waals surface area contributed by atoms with E-state index in [1.54, 1.807) is 24.3 Å². The molecule has 1 heterocycles. The lowest BCUT2D eigenvalue weighted by atomic mass is 10.1. The molecule has 0 radical (unpaired) electrons. The Balaban J connectivity index is 1.82. The summed E-state index contributed by atoms with van der Waals surface area (Å²) in [4.78, 5) is 12.3. The Kier molecular flexibility index (Phi) is 4.67. The highest BCUT2D eigenvalue weighted by molar-refractivity contribution is 9.10. The molecule has 0 saturated heterocycles. The van der Waals surface area contributed by atoms with Crippen LogP contribution in [0.25, 0.3) is 11.0 Å². The van der Waals surface area contributed by atoms with Gasteiger partial charge in [-0.2, -0.15) is 0 Å². The number of hydrogen-bond donors (Lipinski definition) is 0. The van der Waals surface area contributed by atoms with Gasteiger partial charge < -0.3 is 9.15 Å². The van der Waals surface area contributed by atoms with E-state index in [4.69, 9.17) is 32.4 Å². The first-order valence-corrected chi connectivity index (χ1v) is 8.30. The molecular formula is C17H11BrCl2O3. The summed E-state index contributed by atoms with van der Waals surface area (Å²) >= 11 is 15.3. The highest BCUT2D eigenvalue weighted by Crippen LogP contribution is 2.29. The topological polar surface area (TPSA) is 39.4 Å². The SMILES string of the molecule is Cc1c(C(=O)OCc2ccc(Cl)cc2Cl)oc2ccc(Br)cc12. The molecule has 2 aromatic carbocycles. The summed E-state index contributed by atoms with van der Waals surface area (Å²) in [6.45, 7) is 1.87. The van der Waals surface area contributed by atoms with E-state index in [-0.39, 0.29) is 12.4 Å². The Labute approximate surface area is 151 Å².